The van der Waals surface area contributed by atoms with Crippen LogP contribution in [-0.4, -0.2) is 38.4 Å². The first-order valence-corrected chi connectivity index (χ1v) is 7.62. The molecular formula is C12H14F2N2O2S. The SMILES string of the molecule is O=S(=O)(c1ccc(F)c(F)c1)N1CCC2CNCC21. The van der Waals surface area contributed by atoms with Gasteiger partial charge >= 0.3 is 0 Å². The van der Waals surface area contributed by atoms with E-state index in [0.29, 0.717) is 19.0 Å². The number of sulfonamides is 1. The molecule has 2 aliphatic rings. The highest BCUT2D eigenvalue weighted by atomic mass is 32.2. The molecule has 2 fully saturated rings. The largest absolute Gasteiger partial charge is 0.315 e. The fourth-order valence-corrected chi connectivity index (χ4v) is 4.59. The van der Waals surface area contributed by atoms with Crippen LogP contribution in [-0.2, 0) is 10.0 Å². The van der Waals surface area contributed by atoms with Crippen molar-refractivity contribution in [2.75, 3.05) is 19.6 Å². The van der Waals surface area contributed by atoms with E-state index >= 15 is 0 Å². The van der Waals surface area contributed by atoms with Gasteiger partial charge in [0.15, 0.2) is 11.6 Å². The lowest BCUT2D eigenvalue weighted by molar-refractivity contribution is 0.382. The Balaban J connectivity index is 1.96. The quantitative estimate of drug-likeness (QED) is 0.881. The molecular weight excluding hydrogens is 274 g/mol. The molecule has 2 atom stereocenters. The monoisotopic (exact) mass is 288 g/mol. The maximum atomic E-state index is 13.2. The van der Waals surface area contributed by atoms with Crippen molar-refractivity contribution < 1.29 is 17.2 Å². The zero-order valence-electron chi connectivity index (χ0n) is 10.1. The van der Waals surface area contributed by atoms with Crippen LogP contribution in [0.25, 0.3) is 0 Å². The van der Waals surface area contributed by atoms with Crippen molar-refractivity contribution in [3.05, 3.63) is 29.8 Å². The van der Waals surface area contributed by atoms with E-state index in [1.54, 1.807) is 0 Å². The summed E-state index contributed by atoms with van der Waals surface area (Å²) >= 11 is 0. The highest BCUT2D eigenvalue weighted by Crippen LogP contribution is 2.32. The van der Waals surface area contributed by atoms with E-state index in [0.717, 1.165) is 31.2 Å². The standard InChI is InChI=1S/C12H14F2N2O2S/c13-10-2-1-9(5-11(10)14)19(17,18)16-4-3-8-6-15-7-12(8)16/h1-2,5,8,12,15H,3-4,6-7H2. The number of hydrogen-bond donors (Lipinski definition) is 1. The number of nitrogens with zero attached hydrogens (tertiary/aromatic N) is 1. The van der Waals surface area contributed by atoms with E-state index in [9.17, 15) is 17.2 Å². The smallest absolute Gasteiger partial charge is 0.243 e. The van der Waals surface area contributed by atoms with Gasteiger partial charge in [0.25, 0.3) is 0 Å². The van der Waals surface area contributed by atoms with Gasteiger partial charge < -0.3 is 5.32 Å². The van der Waals surface area contributed by atoms with Gasteiger partial charge in [0.05, 0.1) is 4.90 Å². The van der Waals surface area contributed by atoms with Gasteiger partial charge in [-0.05, 0) is 37.1 Å². The normalized spacial score (nSPS) is 27.7. The molecule has 0 aromatic heterocycles. The van der Waals surface area contributed by atoms with Crippen molar-refractivity contribution in [1.82, 2.24) is 9.62 Å². The van der Waals surface area contributed by atoms with Crippen LogP contribution in [0.5, 0.6) is 0 Å². The van der Waals surface area contributed by atoms with E-state index in [1.807, 2.05) is 0 Å². The summed E-state index contributed by atoms with van der Waals surface area (Å²) < 4.78 is 52.4. The van der Waals surface area contributed by atoms with Crippen LogP contribution in [0.1, 0.15) is 6.42 Å². The predicted molar refractivity (Wildman–Crippen MR) is 65.0 cm³/mol. The second kappa shape index (κ2) is 4.50. The van der Waals surface area contributed by atoms with Gasteiger partial charge in [0.2, 0.25) is 10.0 Å². The molecule has 1 aromatic carbocycles. The fourth-order valence-electron chi connectivity index (χ4n) is 2.88. The molecule has 0 spiro atoms. The highest BCUT2D eigenvalue weighted by molar-refractivity contribution is 7.89. The van der Waals surface area contributed by atoms with Gasteiger partial charge in [-0.15, -0.1) is 0 Å². The summed E-state index contributed by atoms with van der Waals surface area (Å²) in [6.07, 6.45) is 0.806. The van der Waals surface area contributed by atoms with Crippen molar-refractivity contribution in [3.8, 4) is 0 Å². The molecule has 0 saturated carbocycles. The Hall–Kier alpha value is -1.05. The number of benzene rings is 1. The van der Waals surface area contributed by atoms with Crippen LogP contribution >= 0.6 is 0 Å². The molecule has 7 heteroatoms. The molecule has 2 saturated heterocycles. The van der Waals surface area contributed by atoms with Gasteiger partial charge in [0.1, 0.15) is 0 Å². The molecule has 0 amide bonds. The number of fused-ring (bicyclic) bond motifs is 1. The zero-order valence-corrected chi connectivity index (χ0v) is 11.0. The van der Waals surface area contributed by atoms with Crippen LogP contribution in [0.3, 0.4) is 0 Å². The summed E-state index contributed by atoms with van der Waals surface area (Å²) in [6, 6.07) is 2.64. The van der Waals surface area contributed by atoms with Crippen molar-refractivity contribution >= 4 is 10.0 Å². The molecule has 2 unspecified atom stereocenters. The van der Waals surface area contributed by atoms with Crippen molar-refractivity contribution in [3.63, 3.8) is 0 Å². The summed E-state index contributed by atoms with van der Waals surface area (Å²) in [7, 11) is -3.75. The van der Waals surface area contributed by atoms with Crippen molar-refractivity contribution in [1.29, 1.82) is 0 Å². The number of hydrogen-bond acceptors (Lipinski definition) is 3. The van der Waals surface area contributed by atoms with E-state index in [1.165, 1.54) is 4.31 Å². The van der Waals surface area contributed by atoms with Crippen molar-refractivity contribution in [2.24, 2.45) is 5.92 Å². The molecule has 2 heterocycles. The molecule has 1 N–H and O–H groups in total. The van der Waals surface area contributed by atoms with Gasteiger partial charge in [-0.25, -0.2) is 17.2 Å². The second-order valence-corrected chi connectivity index (χ2v) is 6.86. The summed E-state index contributed by atoms with van der Waals surface area (Å²) in [5, 5.41) is 3.16. The first-order chi connectivity index (χ1) is 9.00. The fraction of sp³-hybridized carbons (Fsp3) is 0.500. The number of nitrogens with one attached hydrogen (secondary N) is 1. The maximum Gasteiger partial charge on any atom is 0.243 e. The molecule has 1 aromatic rings. The average molecular weight is 288 g/mol. The Morgan fingerprint density at radius 2 is 2.00 bits per heavy atom. The molecule has 2 aliphatic heterocycles. The lowest BCUT2D eigenvalue weighted by Gasteiger charge is -2.22. The highest BCUT2D eigenvalue weighted by Gasteiger charge is 2.43. The summed E-state index contributed by atoms with van der Waals surface area (Å²) in [6.45, 7) is 1.88. The van der Waals surface area contributed by atoms with Crippen LogP contribution in [0.15, 0.2) is 23.1 Å². The van der Waals surface area contributed by atoms with E-state index < -0.39 is 21.7 Å². The third kappa shape index (κ3) is 2.05. The van der Waals surface area contributed by atoms with Gasteiger partial charge in [-0.1, -0.05) is 0 Å². The van der Waals surface area contributed by atoms with E-state index in [4.69, 9.17) is 0 Å². The number of rotatable bonds is 2. The molecule has 3 rings (SSSR count). The molecule has 0 aliphatic carbocycles. The molecule has 0 radical (unpaired) electrons. The van der Waals surface area contributed by atoms with Crippen LogP contribution in [0, 0.1) is 17.6 Å². The van der Waals surface area contributed by atoms with E-state index in [2.05, 4.69) is 5.32 Å². The Kier molecular flexibility index (Phi) is 3.07. The Bertz CT molecular complexity index is 606. The Morgan fingerprint density at radius 3 is 2.74 bits per heavy atom. The first kappa shape index (κ1) is 13.0. The first-order valence-electron chi connectivity index (χ1n) is 6.18. The third-order valence-electron chi connectivity index (χ3n) is 3.89. The van der Waals surface area contributed by atoms with Gasteiger partial charge in [0, 0.05) is 19.1 Å². The minimum absolute atomic E-state index is 0.0712. The van der Waals surface area contributed by atoms with Gasteiger partial charge in [-0.3, -0.25) is 0 Å². The Labute approximate surface area is 110 Å². The summed E-state index contributed by atoms with van der Waals surface area (Å²) in [4.78, 5) is -0.182. The minimum Gasteiger partial charge on any atom is -0.315 e. The Morgan fingerprint density at radius 1 is 1.21 bits per heavy atom. The predicted octanol–water partition coefficient (Wildman–Crippen LogP) is 0.947. The zero-order chi connectivity index (χ0) is 13.6. The lowest BCUT2D eigenvalue weighted by Crippen LogP contribution is -2.39. The average Bonchev–Trinajstić information content (AvgIpc) is 2.94. The molecule has 4 nitrogen and oxygen atoms in total. The second-order valence-electron chi connectivity index (χ2n) is 4.97. The number of halogens is 2. The molecule has 104 valence electrons. The van der Waals surface area contributed by atoms with Crippen LogP contribution in [0.4, 0.5) is 8.78 Å². The molecule has 0 bridgehead atoms. The summed E-state index contributed by atoms with van der Waals surface area (Å²) in [5.74, 6) is -1.86. The molecule has 19 heavy (non-hydrogen) atoms. The van der Waals surface area contributed by atoms with Gasteiger partial charge in [-0.2, -0.15) is 4.31 Å². The maximum absolute atomic E-state index is 13.2. The van der Waals surface area contributed by atoms with Crippen LogP contribution < -0.4 is 5.32 Å². The topological polar surface area (TPSA) is 49.4 Å². The third-order valence-corrected chi connectivity index (χ3v) is 5.81. The van der Waals surface area contributed by atoms with Crippen LogP contribution in [0.2, 0.25) is 0 Å². The lowest BCUT2D eigenvalue weighted by atomic mass is 10.1. The minimum atomic E-state index is -3.75. The summed E-state index contributed by atoms with van der Waals surface area (Å²) in [5.41, 5.74) is 0. The van der Waals surface area contributed by atoms with Crippen molar-refractivity contribution in [2.45, 2.75) is 17.4 Å². The van der Waals surface area contributed by atoms with E-state index in [-0.39, 0.29) is 10.9 Å².